The number of allylic oxidation sites excluding steroid dienone is 2. The van der Waals surface area contributed by atoms with E-state index in [0.29, 0.717) is 18.3 Å². The Hall–Kier alpha value is -1.30. The molecule has 3 aliphatic rings. The van der Waals surface area contributed by atoms with Gasteiger partial charge in [-0.15, -0.1) is 0 Å². The van der Waals surface area contributed by atoms with E-state index in [2.05, 4.69) is 26.0 Å². The second-order valence-electron chi connectivity index (χ2n) is 8.26. The molecule has 5 atom stereocenters. The molecule has 0 aliphatic heterocycles. The standard InChI is InChI=1S/C19H27NO2/c1-18(11-17(21)22-3)8-7-15-13(10-18)6-9-19(2)14(12-20)4-5-16(15)19/h4,13,15-16H,5-11H2,1-3H3/t13-,15-,16+,18+,19-/m1/s1. The second-order valence-corrected chi connectivity index (χ2v) is 8.26. The van der Waals surface area contributed by atoms with Crippen molar-refractivity contribution in [1.29, 1.82) is 5.26 Å². The number of carbonyl (C=O) groups is 1. The van der Waals surface area contributed by atoms with Crippen LogP contribution in [0.3, 0.4) is 0 Å². The van der Waals surface area contributed by atoms with Crippen molar-refractivity contribution in [2.24, 2.45) is 28.6 Å². The average molecular weight is 301 g/mol. The average Bonchev–Trinajstić information content (AvgIpc) is 2.83. The Kier molecular flexibility index (Phi) is 3.83. The van der Waals surface area contributed by atoms with Crippen LogP contribution < -0.4 is 0 Å². The highest BCUT2D eigenvalue weighted by atomic mass is 16.5. The normalized spacial score (nSPS) is 43.5. The molecule has 0 radical (unpaired) electrons. The smallest absolute Gasteiger partial charge is 0.306 e. The highest BCUT2D eigenvalue weighted by molar-refractivity contribution is 5.70. The van der Waals surface area contributed by atoms with Crippen LogP contribution in [0.15, 0.2) is 11.6 Å². The molecule has 3 aliphatic carbocycles. The highest BCUT2D eigenvalue weighted by Gasteiger charge is 2.53. The first-order valence-corrected chi connectivity index (χ1v) is 8.59. The van der Waals surface area contributed by atoms with E-state index in [4.69, 9.17) is 4.74 Å². The Labute approximate surface area is 133 Å². The van der Waals surface area contributed by atoms with Gasteiger partial charge in [0.05, 0.1) is 19.6 Å². The van der Waals surface area contributed by atoms with Crippen LogP contribution in [0.25, 0.3) is 0 Å². The lowest BCUT2D eigenvalue weighted by Gasteiger charge is -2.52. The second kappa shape index (κ2) is 5.41. The lowest BCUT2D eigenvalue weighted by Crippen LogP contribution is -2.45. The van der Waals surface area contributed by atoms with Gasteiger partial charge in [0.25, 0.3) is 0 Å². The number of esters is 1. The minimum atomic E-state index is -0.0732. The van der Waals surface area contributed by atoms with Gasteiger partial charge >= 0.3 is 5.97 Å². The molecule has 3 heteroatoms. The zero-order valence-electron chi connectivity index (χ0n) is 14.0. The predicted molar refractivity (Wildman–Crippen MR) is 84.7 cm³/mol. The van der Waals surface area contributed by atoms with Crippen LogP contribution in [0.5, 0.6) is 0 Å². The van der Waals surface area contributed by atoms with E-state index in [1.165, 1.54) is 20.0 Å². The molecule has 2 saturated carbocycles. The van der Waals surface area contributed by atoms with Crippen molar-refractivity contribution < 1.29 is 9.53 Å². The van der Waals surface area contributed by atoms with Crippen LogP contribution in [0.4, 0.5) is 0 Å². The summed E-state index contributed by atoms with van der Waals surface area (Å²) in [5.41, 5.74) is 1.25. The van der Waals surface area contributed by atoms with Crippen molar-refractivity contribution >= 4 is 5.97 Å². The van der Waals surface area contributed by atoms with Crippen LogP contribution in [0, 0.1) is 39.9 Å². The van der Waals surface area contributed by atoms with Crippen molar-refractivity contribution in [3.63, 3.8) is 0 Å². The molecule has 120 valence electrons. The molecule has 3 nitrogen and oxygen atoms in total. The number of nitrogens with zero attached hydrogens (tertiary/aromatic N) is 1. The van der Waals surface area contributed by atoms with Gasteiger partial charge in [-0.25, -0.2) is 0 Å². The fraction of sp³-hybridized carbons (Fsp3) is 0.789. The molecule has 0 aromatic rings. The van der Waals surface area contributed by atoms with Gasteiger partial charge in [0.2, 0.25) is 0 Å². The third-order valence-corrected chi connectivity index (χ3v) is 6.92. The van der Waals surface area contributed by atoms with E-state index in [0.717, 1.165) is 37.2 Å². The lowest BCUT2D eigenvalue weighted by molar-refractivity contribution is -0.144. The summed E-state index contributed by atoms with van der Waals surface area (Å²) in [6, 6.07) is 2.45. The lowest BCUT2D eigenvalue weighted by atomic mass is 9.52. The fourth-order valence-corrected chi connectivity index (χ4v) is 5.63. The molecule has 0 bridgehead atoms. The summed E-state index contributed by atoms with van der Waals surface area (Å²) in [4.78, 5) is 11.7. The van der Waals surface area contributed by atoms with Crippen molar-refractivity contribution in [2.75, 3.05) is 7.11 Å². The molecule has 0 spiro atoms. The van der Waals surface area contributed by atoms with Gasteiger partial charge in [0.1, 0.15) is 0 Å². The Balaban J connectivity index is 1.73. The van der Waals surface area contributed by atoms with Gasteiger partial charge in [0, 0.05) is 11.0 Å². The minimum absolute atomic E-state index is 0.0732. The maximum Gasteiger partial charge on any atom is 0.306 e. The zero-order valence-corrected chi connectivity index (χ0v) is 14.0. The van der Waals surface area contributed by atoms with E-state index in [1.807, 2.05) is 0 Å². The highest BCUT2D eigenvalue weighted by Crippen LogP contribution is 2.61. The van der Waals surface area contributed by atoms with Crippen LogP contribution in [0.1, 0.15) is 58.8 Å². The largest absolute Gasteiger partial charge is 0.469 e. The summed E-state index contributed by atoms with van der Waals surface area (Å²) in [6.07, 6.45) is 9.60. The third kappa shape index (κ3) is 2.37. The summed E-state index contributed by atoms with van der Waals surface area (Å²) in [5.74, 6) is 2.01. The fourth-order valence-electron chi connectivity index (χ4n) is 5.63. The molecule has 0 amide bonds. The van der Waals surface area contributed by atoms with Gasteiger partial charge in [-0.2, -0.15) is 5.26 Å². The van der Waals surface area contributed by atoms with Gasteiger partial charge in [-0.1, -0.05) is 19.9 Å². The Morgan fingerprint density at radius 1 is 1.41 bits per heavy atom. The zero-order chi connectivity index (χ0) is 16.0. The topological polar surface area (TPSA) is 50.1 Å². The predicted octanol–water partition coefficient (Wildman–Crippen LogP) is 4.24. The van der Waals surface area contributed by atoms with Crippen molar-refractivity contribution in [3.8, 4) is 6.07 Å². The van der Waals surface area contributed by atoms with Gasteiger partial charge in [0.15, 0.2) is 0 Å². The summed E-state index contributed by atoms with van der Waals surface area (Å²) in [6.45, 7) is 4.56. The van der Waals surface area contributed by atoms with E-state index >= 15 is 0 Å². The molecule has 0 heterocycles. The number of ether oxygens (including phenoxy) is 1. The van der Waals surface area contributed by atoms with Crippen LogP contribution in [-0.4, -0.2) is 13.1 Å². The molecule has 0 aromatic heterocycles. The van der Waals surface area contributed by atoms with E-state index in [-0.39, 0.29) is 16.8 Å². The quantitative estimate of drug-likeness (QED) is 0.717. The summed E-state index contributed by atoms with van der Waals surface area (Å²) < 4.78 is 4.88. The van der Waals surface area contributed by atoms with E-state index < -0.39 is 0 Å². The molecule has 2 fully saturated rings. The molecule has 22 heavy (non-hydrogen) atoms. The number of fused-ring (bicyclic) bond motifs is 3. The molecular weight excluding hydrogens is 274 g/mol. The van der Waals surface area contributed by atoms with Crippen LogP contribution in [-0.2, 0) is 9.53 Å². The summed E-state index contributed by atoms with van der Waals surface area (Å²) in [7, 11) is 1.48. The number of nitriles is 1. The Morgan fingerprint density at radius 3 is 2.86 bits per heavy atom. The Morgan fingerprint density at radius 2 is 2.18 bits per heavy atom. The molecule has 0 saturated heterocycles. The summed E-state index contributed by atoms with van der Waals surface area (Å²) in [5, 5.41) is 9.41. The Bertz CT molecular complexity index is 546. The first-order valence-electron chi connectivity index (χ1n) is 8.59. The number of carbonyl (C=O) groups excluding carboxylic acids is 1. The first kappa shape index (κ1) is 15.6. The van der Waals surface area contributed by atoms with E-state index in [1.54, 1.807) is 0 Å². The number of hydrogen-bond donors (Lipinski definition) is 0. The maximum absolute atomic E-state index is 11.7. The SMILES string of the molecule is COC(=O)C[C@@]1(C)CC[C@@H]2[C@H](CC[C@]3(C)C(C#N)=CC[C@@H]23)C1. The number of methoxy groups -OCH3 is 1. The van der Waals surface area contributed by atoms with Gasteiger partial charge in [-0.05, 0) is 61.7 Å². The van der Waals surface area contributed by atoms with Crippen molar-refractivity contribution in [1.82, 2.24) is 0 Å². The molecule has 0 aromatic carbocycles. The maximum atomic E-state index is 11.7. The summed E-state index contributed by atoms with van der Waals surface area (Å²) >= 11 is 0. The molecule has 0 unspecified atom stereocenters. The van der Waals surface area contributed by atoms with Crippen molar-refractivity contribution in [3.05, 3.63) is 11.6 Å². The number of hydrogen-bond acceptors (Lipinski definition) is 3. The van der Waals surface area contributed by atoms with Crippen molar-refractivity contribution in [2.45, 2.75) is 58.8 Å². The van der Waals surface area contributed by atoms with Crippen LogP contribution in [0.2, 0.25) is 0 Å². The van der Waals surface area contributed by atoms with Gasteiger partial charge in [-0.3, -0.25) is 4.79 Å². The molecule has 0 N–H and O–H groups in total. The van der Waals surface area contributed by atoms with Crippen LogP contribution >= 0.6 is 0 Å². The van der Waals surface area contributed by atoms with Gasteiger partial charge < -0.3 is 4.74 Å². The molecular formula is C19H27NO2. The third-order valence-electron chi connectivity index (χ3n) is 6.92. The number of rotatable bonds is 2. The minimum Gasteiger partial charge on any atom is -0.469 e. The monoisotopic (exact) mass is 301 g/mol. The molecule has 3 rings (SSSR count). The van der Waals surface area contributed by atoms with E-state index in [9.17, 15) is 10.1 Å². The first-order chi connectivity index (χ1) is 10.4.